The minimum absolute atomic E-state index is 0.123. The van der Waals surface area contributed by atoms with E-state index >= 15 is 0 Å². The molecular formula is C26H29N3O4. The molecule has 2 aliphatic heterocycles. The maximum Gasteiger partial charge on any atom is 0.252 e. The van der Waals surface area contributed by atoms with Gasteiger partial charge in [0, 0.05) is 49.3 Å². The maximum atomic E-state index is 13.3. The summed E-state index contributed by atoms with van der Waals surface area (Å²) < 4.78 is 17.2. The van der Waals surface area contributed by atoms with Crippen LogP contribution in [-0.2, 0) is 9.47 Å². The Balaban J connectivity index is 1.32. The molecule has 1 amide bonds. The average molecular weight is 448 g/mol. The van der Waals surface area contributed by atoms with Gasteiger partial charge in [-0.3, -0.25) is 9.69 Å². The number of hydrogen-bond acceptors (Lipinski definition) is 6. The third-order valence-electron chi connectivity index (χ3n) is 6.46. The summed E-state index contributed by atoms with van der Waals surface area (Å²) in [5.74, 6) is 1.41. The summed E-state index contributed by atoms with van der Waals surface area (Å²) in [4.78, 5) is 20.1. The van der Waals surface area contributed by atoms with E-state index in [1.807, 2.05) is 54.6 Å². The Labute approximate surface area is 193 Å². The number of carbonyl (C=O) groups is 1. The van der Waals surface area contributed by atoms with Crippen LogP contribution in [0.5, 0.6) is 0 Å². The van der Waals surface area contributed by atoms with E-state index in [1.165, 1.54) is 0 Å². The molecule has 2 fully saturated rings. The van der Waals surface area contributed by atoms with Gasteiger partial charge in [0.2, 0.25) is 5.89 Å². The van der Waals surface area contributed by atoms with Crippen molar-refractivity contribution in [1.29, 1.82) is 0 Å². The van der Waals surface area contributed by atoms with Crippen molar-refractivity contribution in [3.8, 4) is 22.8 Å². The van der Waals surface area contributed by atoms with Crippen molar-refractivity contribution in [3.63, 3.8) is 0 Å². The topological polar surface area (TPSA) is 76.8 Å². The van der Waals surface area contributed by atoms with Crippen LogP contribution in [0.25, 0.3) is 22.8 Å². The van der Waals surface area contributed by atoms with Gasteiger partial charge in [-0.2, -0.15) is 0 Å². The summed E-state index contributed by atoms with van der Waals surface area (Å²) in [6.07, 6.45) is 2.72. The highest BCUT2D eigenvalue weighted by molar-refractivity contribution is 6.00. The fourth-order valence-electron chi connectivity index (χ4n) is 4.65. The highest BCUT2D eigenvalue weighted by atomic mass is 16.5. The Morgan fingerprint density at radius 1 is 1.03 bits per heavy atom. The molecule has 1 aromatic heterocycles. The highest BCUT2D eigenvalue weighted by Crippen LogP contribution is 2.28. The van der Waals surface area contributed by atoms with Crippen molar-refractivity contribution in [1.82, 2.24) is 15.2 Å². The predicted molar refractivity (Wildman–Crippen MR) is 125 cm³/mol. The second-order valence-electron chi connectivity index (χ2n) is 8.49. The van der Waals surface area contributed by atoms with E-state index in [4.69, 9.17) is 13.9 Å². The standard InChI is InChI=1S/C26H29N3O4/c30-25(27-16-23(20-10-13-32-18-20)29-11-14-31-15-12-29)21-8-4-5-9-22(21)26-28-17-24(33-26)19-6-2-1-3-7-19/h1-9,17,20,23H,10-16,18H2,(H,27,30). The molecule has 2 aliphatic rings. The number of nitrogens with zero attached hydrogens (tertiary/aromatic N) is 2. The van der Waals surface area contributed by atoms with Crippen molar-refractivity contribution in [2.75, 3.05) is 46.1 Å². The van der Waals surface area contributed by atoms with Crippen LogP contribution in [0.4, 0.5) is 0 Å². The molecule has 7 heteroatoms. The summed E-state index contributed by atoms with van der Waals surface area (Å²) in [6, 6.07) is 17.5. The quantitative estimate of drug-likeness (QED) is 0.598. The Hall–Kier alpha value is -3.00. The largest absolute Gasteiger partial charge is 0.436 e. The second-order valence-corrected chi connectivity index (χ2v) is 8.49. The van der Waals surface area contributed by atoms with E-state index in [0.29, 0.717) is 35.2 Å². The highest BCUT2D eigenvalue weighted by Gasteiger charge is 2.32. The van der Waals surface area contributed by atoms with E-state index < -0.39 is 0 Å². The number of rotatable bonds is 7. The molecule has 3 heterocycles. The fraction of sp³-hybridized carbons (Fsp3) is 0.385. The third-order valence-corrected chi connectivity index (χ3v) is 6.46. The van der Waals surface area contributed by atoms with Crippen molar-refractivity contribution in [3.05, 3.63) is 66.4 Å². The van der Waals surface area contributed by atoms with Crippen LogP contribution < -0.4 is 5.32 Å². The monoisotopic (exact) mass is 447 g/mol. The number of benzene rings is 2. The fourth-order valence-corrected chi connectivity index (χ4v) is 4.65. The van der Waals surface area contributed by atoms with Gasteiger partial charge >= 0.3 is 0 Å². The molecule has 2 atom stereocenters. The Kier molecular flexibility index (Phi) is 6.81. The van der Waals surface area contributed by atoms with E-state index in [-0.39, 0.29) is 11.9 Å². The zero-order valence-electron chi connectivity index (χ0n) is 18.6. The van der Waals surface area contributed by atoms with Gasteiger partial charge < -0.3 is 19.2 Å². The number of amides is 1. The first kappa shape index (κ1) is 21.8. The molecule has 0 bridgehead atoms. The molecule has 33 heavy (non-hydrogen) atoms. The number of carbonyl (C=O) groups excluding carboxylic acids is 1. The lowest BCUT2D eigenvalue weighted by atomic mass is 9.96. The van der Waals surface area contributed by atoms with E-state index in [9.17, 15) is 4.79 Å². The second kappa shape index (κ2) is 10.3. The molecule has 0 radical (unpaired) electrons. The van der Waals surface area contributed by atoms with Gasteiger partial charge in [0.1, 0.15) is 0 Å². The molecule has 2 unspecified atom stereocenters. The number of aromatic nitrogens is 1. The molecule has 0 saturated carbocycles. The Morgan fingerprint density at radius 2 is 1.82 bits per heavy atom. The molecule has 1 N–H and O–H groups in total. The van der Waals surface area contributed by atoms with Crippen LogP contribution >= 0.6 is 0 Å². The predicted octanol–water partition coefficient (Wildman–Crippen LogP) is 3.48. The van der Waals surface area contributed by atoms with Crippen LogP contribution in [0.2, 0.25) is 0 Å². The van der Waals surface area contributed by atoms with Crippen molar-refractivity contribution < 1.29 is 18.7 Å². The van der Waals surface area contributed by atoms with Gasteiger partial charge in [0.05, 0.1) is 31.6 Å². The number of ether oxygens (including phenoxy) is 2. The van der Waals surface area contributed by atoms with Crippen LogP contribution in [0.15, 0.2) is 65.2 Å². The molecule has 0 aliphatic carbocycles. The van der Waals surface area contributed by atoms with E-state index in [0.717, 1.165) is 51.5 Å². The zero-order chi connectivity index (χ0) is 22.5. The molecule has 3 aromatic rings. The summed E-state index contributed by atoms with van der Waals surface area (Å²) in [5, 5.41) is 3.18. The van der Waals surface area contributed by atoms with Gasteiger partial charge in [0.25, 0.3) is 5.91 Å². The van der Waals surface area contributed by atoms with E-state index in [2.05, 4.69) is 15.2 Å². The summed E-state index contributed by atoms with van der Waals surface area (Å²) in [7, 11) is 0. The van der Waals surface area contributed by atoms with Crippen molar-refractivity contribution >= 4 is 5.91 Å². The molecule has 0 spiro atoms. The Morgan fingerprint density at radius 3 is 2.61 bits per heavy atom. The van der Waals surface area contributed by atoms with Gasteiger partial charge in [-0.15, -0.1) is 0 Å². The first-order chi connectivity index (χ1) is 16.3. The minimum Gasteiger partial charge on any atom is -0.436 e. The number of oxazole rings is 1. The normalized spacial score (nSPS) is 19.9. The summed E-state index contributed by atoms with van der Waals surface area (Å²) in [5.41, 5.74) is 2.19. The molecular weight excluding hydrogens is 418 g/mol. The van der Waals surface area contributed by atoms with Crippen LogP contribution in [0, 0.1) is 5.92 Å². The minimum atomic E-state index is -0.123. The molecule has 172 valence electrons. The Bertz CT molecular complexity index is 1060. The van der Waals surface area contributed by atoms with Crippen LogP contribution in [0.3, 0.4) is 0 Å². The average Bonchev–Trinajstić information content (AvgIpc) is 3.58. The summed E-state index contributed by atoms with van der Waals surface area (Å²) in [6.45, 7) is 5.33. The molecule has 2 aromatic carbocycles. The van der Waals surface area contributed by atoms with E-state index in [1.54, 1.807) is 6.20 Å². The lowest BCUT2D eigenvalue weighted by molar-refractivity contribution is 0.00166. The van der Waals surface area contributed by atoms with Gasteiger partial charge in [-0.1, -0.05) is 42.5 Å². The zero-order valence-corrected chi connectivity index (χ0v) is 18.6. The molecule has 5 rings (SSSR count). The van der Waals surface area contributed by atoms with Gasteiger partial charge in [-0.25, -0.2) is 4.98 Å². The van der Waals surface area contributed by atoms with Crippen LogP contribution in [-0.4, -0.2) is 67.9 Å². The van der Waals surface area contributed by atoms with Crippen molar-refractivity contribution in [2.24, 2.45) is 5.92 Å². The third kappa shape index (κ3) is 5.00. The number of morpholine rings is 1. The number of hydrogen-bond donors (Lipinski definition) is 1. The molecule has 7 nitrogen and oxygen atoms in total. The lowest BCUT2D eigenvalue weighted by Crippen LogP contribution is -2.52. The first-order valence-electron chi connectivity index (χ1n) is 11.6. The van der Waals surface area contributed by atoms with Gasteiger partial charge in [0.15, 0.2) is 5.76 Å². The number of nitrogens with one attached hydrogen (secondary N) is 1. The summed E-state index contributed by atoms with van der Waals surface area (Å²) >= 11 is 0. The molecule has 2 saturated heterocycles. The van der Waals surface area contributed by atoms with Crippen molar-refractivity contribution in [2.45, 2.75) is 12.5 Å². The van der Waals surface area contributed by atoms with Crippen LogP contribution in [0.1, 0.15) is 16.8 Å². The first-order valence-corrected chi connectivity index (χ1v) is 11.6. The lowest BCUT2D eigenvalue weighted by Gasteiger charge is -2.37. The maximum absolute atomic E-state index is 13.3. The van der Waals surface area contributed by atoms with Gasteiger partial charge in [-0.05, 0) is 18.6 Å². The smallest absolute Gasteiger partial charge is 0.252 e. The SMILES string of the molecule is O=C(NCC(C1CCOC1)N1CCOCC1)c1ccccc1-c1ncc(-c2ccccc2)o1.